The van der Waals surface area contributed by atoms with Crippen molar-refractivity contribution in [3.63, 3.8) is 0 Å². The molecule has 1 amide bonds. The third-order valence-electron chi connectivity index (χ3n) is 6.79. The minimum Gasteiger partial charge on any atom is -0.467 e. The number of carbonyl (C=O) groups excluding carboxylic acids is 1. The van der Waals surface area contributed by atoms with Gasteiger partial charge in [-0.2, -0.15) is 10.1 Å². The van der Waals surface area contributed by atoms with E-state index in [4.69, 9.17) is 4.74 Å². The van der Waals surface area contributed by atoms with Crippen LogP contribution in [-0.2, 0) is 0 Å². The van der Waals surface area contributed by atoms with Crippen LogP contribution in [0.2, 0.25) is 0 Å². The lowest BCUT2D eigenvalue weighted by Gasteiger charge is -2.38. The number of fused-ring (bicyclic) bond motifs is 2. The molecule has 2 aromatic carbocycles. The lowest BCUT2D eigenvalue weighted by atomic mass is 10.0. The Balaban J connectivity index is 1.36. The number of halogens is 1. The van der Waals surface area contributed by atoms with Gasteiger partial charge in [0.1, 0.15) is 5.52 Å². The maximum atomic E-state index is 14.8. The van der Waals surface area contributed by atoms with Gasteiger partial charge in [0.2, 0.25) is 0 Å². The summed E-state index contributed by atoms with van der Waals surface area (Å²) in [5, 5.41) is 12.2. The van der Waals surface area contributed by atoms with E-state index in [1.54, 1.807) is 18.3 Å². The summed E-state index contributed by atoms with van der Waals surface area (Å²) < 4.78 is 21.9. The number of benzene rings is 2. The summed E-state index contributed by atoms with van der Waals surface area (Å²) in [6.45, 7) is 5.95. The molecule has 2 fully saturated rings. The van der Waals surface area contributed by atoms with Crippen LogP contribution in [0.25, 0.3) is 21.8 Å². The van der Waals surface area contributed by atoms with E-state index in [1.165, 1.54) is 13.2 Å². The lowest BCUT2D eigenvalue weighted by molar-refractivity contribution is 0.102. The molecule has 1 saturated carbocycles. The zero-order valence-corrected chi connectivity index (χ0v) is 20.5. The zero-order valence-electron chi connectivity index (χ0n) is 20.5. The molecule has 0 unspecified atom stereocenters. The van der Waals surface area contributed by atoms with Crippen molar-refractivity contribution >= 4 is 39.1 Å². The van der Waals surface area contributed by atoms with Gasteiger partial charge in [-0.25, -0.2) is 9.37 Å². The first-order valence-corrected chi connectivity index (χ1v) is 12.2. The van der Waals surface area contributed by atoms with Crippen LogP contribution in [0.3, 0.4) is 0 Å². The number of hydrogen-bond donors (Lipinski definition) is 2. The van der Waals surface area contributed by atoms with Gasteiger partial charge in [-0.15, -0.1) is 0 Å². The Bertz CT molecular complexity index is 1470. The molecule has 186 valence electrons. The summed E-state index contributed by atoms with van der Waals surface area (Å²) in [6.07, 6.45) is 5.64. The molecule has 1 aliphatic carbocycles. The van der Waals surface area contributed by atoms with Gasteiger partial charge in [0.25, 0.3) is 5.91 Å². The van der Waals surface area contributed by atoms with Gasteiger partial charge >= 0.3 is 6.01 Å². The van der Waals surface area contributed by atoms with Crippen LogP contribution in [-0.4, -0.2) is 57.9 Å². The van der Waals surface area contributed by atoms with Crippen LogP contribution in [0.15, 0.2) is 36.7 Å². The second-order valence-electron chi connectivity index (χ2n) is 9.82. The Hall–Kier alpha value is -3.79. The quantitative estimate of drug-likeness (QED) is 0.439. The third-order valence-corrected chi connectivity index (χ3v) is 6.79. The Labute approximate surface area is 207 Å². The fourth-order valence-corrected chi connectivity index (χ4v) is 5.08. The minimum absolute atomic E-state index is 0.177. The number of anilines is 2. The van der Waals surface area contributed by atoms with Crippen molar-refractivity contribution in [3.8, 4) is 6.01 Å². The fraction of sp³-hybridized carbons (Fsp3) is 0.385. The van der Waals surface area contributed by atoms with Crippen molar-refractivity contribution in [3.05, 3.63) is 48.0 Å². The first kappa shape index (κ1) is 22.7. The molecule has 4 aromatic rings. The second-order valence-corrected chi connectivity index (χ2v) is 9.82. The predicted molar refractivity (Wildman–Crippen MR) is 136 cm³/mol. The summed E-state index contributed by atoms with van der Waals surface area (Å²) >= 11 is 0. The number of amides is 1. The molecule has 0 bridgehead atoms. The molecule has 6 rings (SSSR count). The Morgan fingerprint density at radius 1 is 1.17 bits per heavy atom. The SMILES string of the molecule is COc1ncc2c(N3C[C@@H](C)N[C@H](C)C3)ccc(C(=O)Nc3cc(F)c4nn(C5CC5)cc4c3)c2n1. The van der Waals surface area contributed by atoms with Gasteiger partial charge in [0, 0.05) is 59.7 Å². The number of methoxy groups -OCH3 is 1. The molecule has 1 aliphatic heterocycles. The molecule has 2 aliphatic rings. The number of nitrogens with one attached hydrogen (secondary N) is 2. The highest BCUT2D eigenvalue weighted by atomic mass is 19.1. The average molecular weight is 490 g/mol. The molecular formula is C26H28FN7O2. The standard InChI is InChI=1S/C26H28FN7O2/c1-14-11-33(12-15(2)29-14)22-7-6-19(24-20(22)10-28-26(31-24)36-3)25(35)30-17-8-16-13-34(18-4-5-18)32-23(16)21(27)9-17/h6-10,13-15,18,29H,4-5,11-12H2,1-3H3,(H,30,35)/t14-,15-/m1/s1. The number of aromatic nitrogens is 4. The minimum atomic E-state index is -0.464. The summed E-state index contributed by atoms with van der Waals surface area (Å²) in [5.41, 5.74) is 2.48. The smallest absolute Gasteiger partial charge is 0.316 e. The van der Waals surface area contributed by atoms with Gasteiger partial charge in [-0.1, -0.05) is 0 Å². The highest BCUT2D eigenvalue weighted by Crippen LogP contribution is 2.36. The Kier molecular flexibility index (Phi) is 5.48. The number of hydrogen-bond acceptors (Lipinski definition) is 7. The van der Waals surface area contributed by atoms with Crippen molar-refractivity contribution in [2.45, 2.75) is 44.8 Å². The lowest BCUT2D eigenvalue weighted by Crippen LogP contribution is -2.54. The molecule has 2 N–H and O–H groups in total. The predicted octanol–water partition coefficient (Wildman–Crippen LogP) is 3.90. The van der Waals surface area contributed by atoms with Gasteiger partial charge < -0.3 is 20.3 Å². The monoisotopic (exact) mass is 489 g/mol. The Morgan fingerprint density at radius 3 is 2.67 bits per heavy atom. The number of nitrogens with zero attached hydrogens (tertiary/aromatic N) is 5. The van der Waals surface area contributed by atoms with Crippen LogP contribution < -0.4 is 20.3 Å². The number of ether oxygens (including phenoxy) is 1. The highest BCUT2D eigenvalue weighted by Gasteiger charge is 2.26. The molecule has 36 heavy (non-hydrogen) atoms. The van der Waals surface area contributed by atoms with Crippen molar-refractivity contribution in [1.82, 2.24) is 25.1 Å². The first-order chi connectivity index (χ1) is 17.4. The average Bonchev–Trinajstić information content (AvgIpc) is 3.61. The van der Waals surface area contributed by atoms with Crippen LogP contribution in [0.4, 0.5) is 15.8 Å². The van der Waals surface area contributed by atoms with Crippen molar-refractivity contribution < 1.29 is 13.9 Å². The van der Waals surface area contributed by atoms with Crippen LogP contribution in [0.1, 0.15) is 43.1 Å². The van der Waals surface area contributed by atoms with E-state index in [2.05, 4.69) is 44.4 Å². The molecule has 0 radical (unpaired) electrons. The summed E-state index contributed by atoms with van der Waals surface area (Å²) in [7, 11) is 1.49. The molecule has 10 heteroatoms. The summed E-state index contributed by atoms with van der Waals surface area (Å²) in [4.78, 5) is 24.5. The van der Waals surface area contributed by atoms with Crippen LogP contribution in [0.5, 0.6) is 6.01 Å². The van der Waals surface area contributed by atoms with Crippen LogP contribution >= 0.6 is 0 Å². The first-order valence-electron chi connectivity index (χ1n) is 12.2. The Morgan fingerprint density at radius 2 is 1.94 bits per heavy atom. The van der Waals surface area contributed by atoms with E-state index in [-0.39, 0.29) is 11.9 Å². The number of rotatable bonds is 5. The van der Waals surface area contributed by atoms with E-state index in [1.807, 2.05) is 16.9 Å². The molecule has 2 aromatic heterocycles. The van der Waals surface area contributed by atoms with E-state index >= 15 is 0 Å². The molecule has 3 heterocycles. The van der Waals surface area contributed by atoms with E-state index in [0.717, 1.165) is 37.0 Å². The molecule has 0 spiro atoms. The van der Waals surface area contributed by atoms with E-state index in [0.29, 0.717) is 45.8 Å². The molecule has 9 nitrogen and oxygen atoms in total. The van der Waals surface area contributed by atoms with Crippen molar-refractivity contribution in [1.29, 1.82) is 0 Å². The molecular weight excluding hydrogens is 461 g/mol. The van der Waals surface area contributed by atoms with E-state index < -0.39 is 5.82 Å². The normalized spacial score (nSPS) is 20.2. The van der Waals surface area contributed by atoms with Gasteiger partial charge in [-0.3, -0.25) is 9.48 Å². The van der Waals surface area contributed by atoms with E-state index in [9.17, 15) is 9.18 Å². The summed E-state index contributed by atoms with van der Waals surface area (Å²) in [5.74, 6) is -0.851. The maximum absolute atomic E-state index is 14.8. The number of carbonyl (C=O) groups is 1. The topological polar surface area (TPSA) is 97.2 Å². The number of piperazine rings is 1. The van der Waals surface area contributed by atoms with Crippen LogP contribution in [0, 0.1) is 5.82 Å². The highest BCUT2D eigenvalue weighted by molar-refractivity contribution is 6.14. The van der Waals surface area contributed by atoms with Crippen molar-refractivity contribution in [2.75, 3.05) is 30.4 Å². The van der Waals surface area contributed by atoms with Crippen molar-refractivity contribution in [2.24, 2.45) is 0 Å². The third kappa shape index (κ3) is 4.11. The largest absolute Gasteiger partial charge is 0.467 e. The maximum Gasteiger partial charge on any atom is 0.316 e. The fourth-order valence-electron chi connectivity index (χ4n) is 5.08. The zero-order chi connectivity index (χ0) is 25.0. The molecule has 2 atom stereocenters. The second kappa shape index (κ2) is 8.70. The van der Waals surface area contributed by atoms with Gasteiger partial charge in [0.05, 0.1) is 24.2 Å². The van der Waals surface area contributed by atoms with Gasteiger partial charge in [-0.05, 0) is 51.0 Å². The van der Waals surface area contributed by atoms with Gasteiger partial charge in [0.15, 0.2) is 5.82 Å². The molecule has 1 saturated heterocycles. The summed E-state index contributed by atoms with van der Waals surface area (Å²) in [6, 6.07) is 7.91.